The normalized spacial score (nSPS) is 19.3. The fourth-order valence-corrected chi connectivity index (χ4v) is 9.60. The third kappa shape index (κ3) is 15.9. The second-order valence-electron chi connectivity index (χ2n) is 19.1. The molecule has 16 nitrogen and oxygen atoms in total. The number of likely N-dealkylation sites (tertiary alicyclic amines) is 1. The summed E-state index contributed by atoms with van der Waals surface area (Å²) in [5, 5.41) is 17.3. The van der Waals surface area contributed by atoms with Crippen LogP contribution in [0.2, 0.25) is 0 Å². The fraction of sp³-hybridized carbons (Fsp3) is 0.776. The lowest BCUT2D eigenvalue weighted by Gasteiger charge is -2.41. The summed E-state index contributed by atoms with van der Waals surface area (Å²) in [6.07, 6.45) is 6.51. The fourth-order valence-electron chi connectivity index (χ4n) is 9.60. The number of amides is 5. The Bertz CT molecular complexity index is 1620. The number of carbonyl (C=O) groups is 5. The van der Waals surface area contributed by atoms with Gasteiger partial charge in [0.1, 0.15) is 17.8 Å². The Kier molecular flexibility index (Phi) is 23.7. The van der Waals surface area contributed by atoms with Crippen LogP contribution in [0.4, 0.5) is 0 Å². The van der Waals surface area contributed by atoms with E-state index >= 15 is 0 Å². The van der Waals surface area contributed by atoms with Crippen LogP contribution in [-0.2, 0) is 44.7 Å². The monoisotopic (exact) mass is 916 g/mol. The topological polar surface area (TPSA) is 196 Å². The first kappa shape index (κ1) is 55.5. The van der Waals surface area contributed by atoms with Crippen molar-refractivity contribution in [2.75, 3.05) is 61.1 Å². The number of hydrogen-bond donors (Lipinski definition) is 4. The van der Waals surface area contributed by atoms with E-state index in [1.807, 2.05) is 48.6 Å². The van der Waals surface area contributed by atoms with E-state index in [1.54, 1.807) is 55.1 Å². The first-order chi connectivity index (χ1) is 30.9. The van der Waals surface area contributed by atoms with E-state index < -0.39 is 54.2 Å². The quantitative estimate of drug-likeness (QED) is 0.0908. The number of nitrogens with one attached hydrogen (secondary N) is 2. The Morgan fingerprint density at radius 2 is 1.55 bits per heavy atom. The number of hydroxylamine groups is 2. The van der Waals surface area contributed by atoms with Gasteiger partial charge in [-0.15, -0.1) is 0 Å². The summed E-state index contributed by atoms with van der Waals surface area (Å²) in [7, 11) is 6.79. The SMILES string of the molecule is CC[C@H](C)[C@@H]([C@@H](CC(=O)N1CCC[C@H]1[C@H](OC)[C@@H](C)C(=O)N[C@@H](Cc1ccc(O)cc1)C(=O)N1CCCCO1)OC)N(C)C(=O)[C@@H](NC(=O)[C@H](C(C)C)N(C)CCCCCCN)C(C)C. The molecule has 5 amide bonds. The van der Waals surface area contributed by atoms with Gasteiger partial charge in [-0.25, -0.2) is 5.06 Å². The number of rotatable bonds is 27. The van der Waals surface area contributed by atoms with E-state index in [0.29, 0.717) is 45.5 Å². The van der Waals surface area contributed by atoms with Gasteiger partial charge in [-0.05, 0) is 94.1 Å². The van der Waals surface area contributed by atoms with Crippen LogP contribution in [0.3, 0.4) is 0 Å². The minimum Gasteiger partial charge on any atom is -0.508 e. The Morgan fingerprint density at radius 1 is 0.877 bits per heavy atom. The van der Waals surface area contributed by atoms with Crippen molar-refractivity contribution >= 4 is 29.5 Å². The minimum absolute atomic E-state index is 0.0140. The molecule has 16 heteroatoms. The summed E-state index contributed by atoms with van der Waals surface area (Å²) >= 11 is 0. The maximum absolute atomic E-state index is 14.6. The number of benzene rings is 1. The van der Waals surface area contributed by atoms with Crippen LogP contribution in [-0.4, -0.2) is 158 Å². The van der Waals surface area contributed by atoms with E-state index in [2.05, 4.69) is 15.5 Å². The van der Waals surface area contributed by atoms with Gasteiger partial charge in [0.25, 0.3) is 5.91 Å². The molecule has 0 aromatic heterocycles. The number of aromatic hydroxyl groups is 1. The van der Waals surface area contributed by atoms with Crippen molar-refractivity contribution in [2.45, 2.75) is 162 Å². The van der Waals surface area contributed by atoms with Gasteiger partial charge in [0.15, 0.2) is 0 Å². The predicted molar refractivity (Wildman–Crippen MR) is 252 cm³/mol. The molecule has 1 aromatic carbocycles. The van der Waals surface area contributed by atoms with Crippen LogP contribution in [0.15, 0.2) is 24.3 Å². The Labute approximate surface area is 389 Å². The lowest BCUT2D eigenvalue weighted by Crippen LogP contribution is -2.60. The van der Waals surface area contributed by atoms with E-state index in [1.165, 1.54) is 12.2 Å². The standard InChI is InChI=1S/C49H85N7O9/c1-12-34(6)44(54(9)49(62)42(32(2)3)52-47(60)43(33(4)5)53(8)26-16-14-13-15-25-50)40(63-10)31-41(58)55-27-19-20-39(55)45(64-11)35(7)46(59)51-38(30-36-21-23-37(57)24-22-36)48(61)56-28-17-18-29-65-56/h21-24,32-35,38-40,42-45,57H,12-20,25-31,50H2,1-11H3,(H,51,59)(H,52,60)/t34-,35+,38-,39-,40+,42-,43-,44-,45+/m0/s1. The number of phenolic OH excluding ortho intramolecular Hbond substituents is 1. The molecule has 0 aliphatic carbocycles. The third-order valence-corrected chi connectivity index (χ3v) is 13.6. The van der Waals surface area contributed by atoms with Crippen LogP contribution >= 0.6 is 0 Å². The number of nitrogens with zero attached hydrogens (tertiary/aromatic N) is 4. The molecule has 2 aliphatic rings. The van der Waals surface area contributed by atoms with Gasteiger partial charge >= 0.3 is 0 Å². The zero-order valence-corrected chi connectivity index (χ0v) is 41.6. The average molecular weight is 916 g/mol. The maximum Gasteiger partial charge on any atom is 0.269 e. The third-order valence-electron chi connectivity index (χ3n) is 13.6. The summed E-state index contributed by atoms with van der Waals surface area (Å²) in [4.78, 5) is 82.1. The lowest BCUT2D eigenvalue weighted by atomic mass is 9.89. The molecular weight excluding hydrogens is 831 g/mol. The maximum atomic E-state index is 14.6. The summed E-state index contributed by atoms with van der Waals surface area (Å²) in [5.41, 5.74) is 6.42. The Balaban J connectivity index is 1.78. The molecule has 3 rings (SSSR count). The molecule has 2 heterocycles. The van der Waals surface area contributed by atoms with Crippen LogP contribution in [0.1, 0.15) is 118 Å². The van der Waals surface area contributed by atoms with Crippen LogP contribution < -0.4 is 16.4 Å². The van der Waals surface area contributed by atoms with Gasteiger partial charge in [0, 0.05) is 40.8 Å². The van der Waals surface area contributed by atoms with E-state index in [9.17, 15) is 29.1 Å². The molecule has 2 fully saturated rings. The highest BCUT2D eigenvalue weighted by atomic mass is 16.7. The van der Waals surface area contributed by atoms with Crippen molar-refractivity contribution in [3.63, 3.8) is 0 Å². The second kappa shape index (κ2) is 27.7. The van der Waals surface area contributed by atoms with E-state index in [4.69, 9.17) is 20.0 Å². The molecule has 65 heavy (non-hydrogen) atoms. The van der Waals surface area contributed by atoms with E-state index in [0.717, 1.165) is 50.6 Å². The van der Waals surface area contributed by atoms with Gasteiger partial charge in [-0.1, -0.05) is 79.9 Å². The highest BCUT2D eigenvalue weighted by molar-refractivity contribution is 5.90. The minimum atomic E-state index is -0.936. The van der Waals surface area contributed by atoms with Crippen LogP contribution in [0, 0.1) is 23.7 Å². The van der Waals surface area contributed by atoms with Crippen LogP contribution in [0.25, 0.3) is 0 Å². The molecular formula is C49H85N7O9. The molecule has 1 aromatic rings. The molecule has 0 saturated carbocycles. The molecule has 5 N–H and O–H groups in total. The van der Waals surface area contributed by atoms with Crippen molar-refractivity contribution < 1.29 is 43.4 Å². The zero-order valence-electron chi connectivity index (χ0n) is 41.6. The number of nitrogens with two attached hydrogens (primary N) is 1. The van der Waals surface area contributed by atoms with Gasteiger partial charge in [-0.2, -0.15) is 0 Å². The number of hydrogen-bond acceptors (Lipinski definition) is 11. The van der Waals surface area contributed by atoms with Gasteiger partial charge in [0.05, 0.1) is 49.3 Å². The van der Waals surface area contributed by atoms with Gasteiger partial charge in [-0.3, -0.25) is 33.7 Å². The number of ether oxygens (including phenoxy) is 2. The smallest absolute Gasteiger partial charge is 0.269 e. The molecule has 0 spiro atoms. The van der Waals surface area contributed by atoms with E-state index in [-0.39, 0.29) is 60.0 Å². The number of phenols is 1. The predicted octanol–water partition coefficient (Wildman–Crippen LogP) is 4.51. The summed E-state index contributed by atoms with van der Waals surface area (Å²) in [6.45, 7) is 16.5. The highest BCUT2D eigenvalue weighted by Crippen LogP contribution is 2.30. The molecule has 0 unspecified atom stereocenters. The van der Waals surface area contributed by atoms with Crippen molar-refractivity contribution in [1.29, 1.82) is 0 Å². The molecule has 2 aliphatic heterocycles. The Hall–Kier alpha value is -3.83. The van der Waals surface area contributed by atoms with Crippen molar-refractivity contribution in [2.24, 2.45) is 29.4 Å². The summed E-state index contributed by atoms with van der Waals surface area (Å²) in [5.74, 6) is -2.26. The lowest BCUT2D eigenvalue weighted by molar-refractivity contribution is -0.199. The van der Waals surface area contributed by atoms with Crippen molar-refractivity contribution in [3.8, 4) is 5.75 Å². The number of unbranched alkanes of at least 4 members (excludes halogenated alkanes) is 3. The Morgan fingerprint density at radius 3 is 2.12 bits per heavy atom. The zero-order chi connectivity index (χ0) is 48.4. The molecule has 0 radical (unpaired) electrons. The van der Waals surface area contributed by atoms with Crippen molar-refractivity contribution in [3.05, 3.63) is 29.8 Å². The summed E-state index contributed by atoms with van der Waals surface area (Å²) in [6, 6.07) is 3.44. The average Bonchev–Trinajstić information content (AvgIpc) is 3.77. The van der Waals surface area contributed by atoms with Gasteiger partial charge < -0.3 is 40.7 Å². The number of likely N-dealkylation sites (N-methyl/N-ethyl adjacent to an activating group) is 2. The molecule has 370 valence electrons. The first-order valence-corrected chi connectivity index (χ1v) is 24.3. The second-order valence-corrected chi connectivity index (χ2v) is 19.1. The molecule has 0 bridgehead atoms. The largest absolute Gasteiger partial charge is 0.508 e. The van der Waals surface area contributed by atoms with Gasteiger partial charge in [0.2, 0.25) is 23.6 Å². The number of methoxy groups -OCH3 is 2. The van der Waals surface area contributed by atoms with Crippen molar-refractivity contribution in [1.82, 2.24) is 30.4 Å². The summed E-state index contributed by atoms with van der Waals surface area (Å²) < 4.78 is 12.1. The van der Waals surface area contributed by atoms with Crippen LogP contribution in [0.5, 0.6) is 5.75 Å². The molecule has 2 saturated heterocycles. The first-order valence-electron chi connectivity index (χ1n) is 24.3. The highest BCUT2D eigenvalue weighted by Gasteiger charge is 2.44. The number of carbonyl (C=O) groups excluding carboxylic acids is 5. The molecule has 9 atom stereocenters.